The van der Waals surface area contributed by atoms with E-state index >= 15 is 0 Å². The third-order valence-corrected chi connectivity index (χ3v) is 6.02. The number of aromatic nitrogens is 4. The van der Waals surface area contributed by atoms with Crippen molar-refractivity contribution in [2.45, 2.75) is 38.4 Å². The molecular formula is C21H27N9O7. The number of aromatic amines is 1. The molecule has 16 nitrogen and oxygen atoms in total. The Hall–Kier alpha value is -4.12. The van der Waals surface area contributed by atoms with Gasteiger partial charge in [-0.2, -0.15) is 10.1 Å². The number of nitrogens with zero attached hydrogens (tertiary/aromatic N) is 6. The molecule has 0 aliphatic carbocycles. The molecule has 4 atom stereocenters. The van der Waals surface area contributed by atoms with Gasteiger partial charge in [0.15, 0.2) is 17.4 Å². The van der Waals surface area contributed by atoms with Crippen LogP contribution in [0, 0.1) is 10.1 Å². The summed E-state index contributed by atoms with van der Waals surface area (Å²) >= 11 is 0. The molecular weight excluding hydrogens is 490 g/mol. The van der Waals surface area contributed by atoms with Crippen molar-refractivity contribution in [1.82, 2.24) is 19.5 Å². The number of aliphatic hydroxyl groups excluding tert-OH is 3. The second-order valence-corrected chi connectivity index (χ2v) is 8.21. The Morgan fingerprint density at radius 3 is 2.68 bits per heavy atom. The van der Waals surface area contributed by atoms with Crippen molar-refractivity contribution in [3.05, 3.63) is 44.2 Å². The predicted molar refractivity (Wildman–Crippen MR) is 133 cm³/mol. The van der Waals surface area contributed by atoms with Crippen LogP contribution in [0.2, 0.25) is 0 Å². The summed E-state index contributed by atoms with van der Waals surface area (Å²) in [5.74, 6) is -0.319. The summed E-state index contributed by atoms with van der Waals surface area (Å²) in [6.07, 6.45) is -4.01. The molecule has 1 aliphatic heterocycles. The number of benzene rings is 1. The van der Waals surface area contributed by atoms with E-state index in [-0.39, 0.29) is 28.7 Å². The highest BCUT2D eigenvalue weighted by molar-refractivity contribution is 5.84. The Labute approximate surface area is 209 Å². The molecule has 3 aromatic rings. The molecule has 3 heterocycles. The Kier molecular flexibility index (Phi) is 7.35. The molecule has 0 bridgehead atoms. The normalized spacial score (nSPS) is 21.6. The summed E-state index contributed by atoms with van der Waals surface area (Å²) in [6.45, 7) is 4.43. The fraction of sp³-hybridized carbons (Fsp3) is 0.429. The molecule has 0 amide bonds. The molecule has 0 saturated carbocycles. The standard InChI is InChI=1S/C21H27N9O7/c1-3-28(4-2)11-6-5-10(7-12(11)30(35)36)8-23-27-21-24-14-17(25-20(22)26-18(14)34)29(21)19-16(33)15(32)13(9-31)37-19/h5-8,13,15-16,19,31-33H,3-4,9H2,1-2H3,(H,24,27)(H3,22,25,26,34)/b23-8-/t13-,15-,16+,19-/m1/s1. The molecule has 0 unspecified atom stereocenters. The summed E-state index contributed by atoms with van der Waals surface area (Å²) in [4.78, 5) is 36.0. The van der Waals surface area contributed by atoms with Crippen molar-refractivity contribution >= 4 is 40.6 Å². The number of hydrogen-bond acceptors (Lipinski definition) is 13. The number of rotatable bonds is 9. The van der Waals surface area contributed by atoms with Gasteiger partial charge in [-0.05, 0) is 19.9 Å². The van der Waals surface area contributed by atoms with Gasteiger partial charge in [-0.3, -0.25) is 24.5 Å². The lowest BCUT2D eigenvalue weighted by molar-refractivity contribution is -0.384. The summed E-state index contributed by atoms with van der Waals surface area (Å²) in [7, 11) is 0. The lowest BCUT2D eigenvalue weighted by Gasteiger charge is -2.20. The van der Waals surface area contributed by atoms with Gasteiger partial charge in [0.25, 0.3) is 11.2 Å². The highest BCUT2D eigenvalue weighted by atomic mass is 16.6. The van der Waals surface area contributed by atoms with Crippen LogP contribution in [0.25, 0.3) is 11.2 Å². The van der Waals surface area contributed by atoms with Gasteiger partial charge in [0.2, 0.25) is 11.9 Å². The zero-order valence-electron chi connectivity index (χ0n) is 20.0. The minimum atomic E-state index is -1.50. The predicted octanol–water partition coefficient (Wildman–Crippen LogP) is -0.486. The maximum atomic E-state index is 12.4. The second-order valence-electron chi connectivity index (χ2n) is 8.21. The summed E-state index contributed by atoms with van der Waals surface area (Å²) in [5.41, 5.74) is 8.23. The molecule has 7 N–H and O–H groups in total. The second kappa shape index (κ2) is 10.5. The average molecular weight is 518 g/mol. The fourth-order valence-corrected chi connectivity index (χ4v) is 4.18. The van der Waals surface area contributed by atoms with Crippen molar-refractivity contribution in [1.29, 1.82) is 0 Å². The van der Waals surface area contributed by atoms with E-state index in [9.17, 15) is 30.2 Å². The van der Waals surface area contributed by atoms with Crippen LogP contribution in [0.15, 0.2) is 28.1 Å². The van der Waals surface area contributed by atoms with Gasteiger partial charge in [-0.1, -0.05) is 6.07 Å². The number of nitrogen functional groups attached to an aromatic ring is 1. The highest BCUT2D eigenvalue weighted by Gasteiger charge is 2.45. The molecule has 198 valence electrons. The number of hydrogen-bond donors (Lipinski definition) is 6. The summed E-state index contributed by atoms with van der Waals surface area (Å²) in [6, 6.07) is 4.67. The molecule has 4 rings (SSSR count). The van der Waals surface area contributed by atoms with E-state index in [1.807, 2.05) is 18.7 Å². The fourth-order valence-electron chi connectivity index (χ4n) is 4.18. The molecule has 1 aliphatic rings. The lowest BCUT2D eigenvalue weighted by atomic mass is 10.1. The Morgan fingerprint density at radius 1 is 1.32 bits per heavy atom. The SMILES string of the molecule is CCN(CC)c1ccc(/C=N\Nc2nc3c(=O)[nH]c(N)nc3n2[C@@H]2O[C@H](CO)[C@@H](O)[C@@H]2O)cc1[N+](=O)[O-]. The molecule has 37 heavy (non-hydrogen) atoms. The smallest absolute Gasteiger partial charge is 0.293 e. The largest absolute Gasteiger partial charge is 0.394 e. The van der Waals surface area contributed by atoms with Crippen molar-refractivity contribution in [2.24, 2.45) is 5.10 Å². The van der Waals surface area contributed by atoms with Crippen LogP contribution < -0.4 is 21.6 Å². The van der Waals surface area contributed by atoms with E-state index in [1.54, 1.807) is 12.1 Å². The quantitative estimate of drug-likeness (QED) is 0.120. The van der Waals surface area contributed by atoms with Crippen LogP contribution in [-0.2, 0) is 4.74 Å². The Morgan fingerprint density at radius 2 is 2.05 bits per heavy atom. The van der Waals surface area contributed by atoms with Gasteiger partial charge in [-0.15, -0.1) is 0 Å². The summed E-state index contributed by atoms with van der Waals surface area (Å²) < 4.78 is 6.77. The van der Waals surface area contributed by atoms with Crippen molar-refractivity contribution < 1.29 is 25.0 Å². The number of ether oxygens (including phenoxy) is 1. The molecule has 0 radical (unpaired) electrons. The van der Waals surface area contributed by atoms with Gasteiger partial charge >= 0.3 is 0 Å². The molecule has 0 spiro atoms. The van der Waals surface area contributed by atoms with Crippen LogP contribution in [0.3, 0.4) is 0 Å². The number of imidazole rings is 1. The van der Waals surface area contributed by atoms with Crippen LogP contribution >= 0.6 is 0 Å². The van der Waals surface area contributed by atoms with Crippen molar-refractivity contribution in [3.63, 3.8) is 0 Å². The van der Waals surface area contributed by atoms with E-state index in [1.165, 1.54) is 16.8 Å². The van der Waals surface area contributed by atoms with E-state index in [2.05, 4.69) is 25.5 Å². The van der Waals surface area contributed by atoms with Crippen molar-refractivity contribution in [2.75, 3.05) is 35.8 Å². The zero-order valence-corrected chi connectivity index (χ0v) is 20.0. The number of H-pyrrole nitrogens is 1. The molecule has 1 saturated heterocycles. The van der Waals surface area contributed by atoms with E-state index in [0.29, 0.717) is 24.3 Å². The minimum absolute atomic E-state index is 0.0620. The average Bonchev–Trinajstić information content (AvgIpc) is 3.36. The minimum Gasteiger partial charge on any atom is -0.394 e. The van der Waals surface area contributed by atoms with Gasteiger partial charge in [-0.25, -0.2) is 10.4 Å². The highest BCUT2D eigenvalue weighted by Crippen LogP contribution is 2.34. The van der Waals surface area contributed by atoms with Crippen LogP contribution in [-0.4, -0.2) is 84.0 Å². The Balaban J connectivity index is 1.71. The first-order valence-electron chi connectivity index (χ1n) is 11.4. The van der Waals surface area contributed by atoms with Crippen molar-refractivity contribution in [3.8, 4) is 0 Å². The van der Waals surface area contributed by atoms with Crippen LogP contribution in [0.4, 0.5) is 23.3 Å². The van der Waals surface area contributed by atoms with E-state index in [0.717, 1.165) is 0 Å². The maximum absolute atomic E-state index is 12.4. The lowest BCUT2D eigenvalue weighted by Crippen LogP contribution is -2.33. The van der Waals surface area contributed by atoms with Gasteiger partial charge in [0.05, 0.1) is 17.7 Å². The van der Waals surface area contributed by atoms with Crippen LogP contribution in [0.1, 0.15) is 25.6 Å². The molecule has 1 aromatic carbocycles. The number of aliphatic hydroxyl groups is 3. The number of hydrazone groups is 1. The third kappa shape index (κ3) is 4.82. The molecule has 1 fully saturated rings. The number of nitro benzene ring substituents is 1. The van der Waals surface area contributed by atoms with Crippen LogP contribution in [0.5, 0.6) is 0 Å². The third-order valence-electron chi connectivity index (χ3n) is 6.02. The molecule has 16 heteroatoms. The summed E-state index contributed by atoms with van der Waals surface area (Å²) in [5, 5.41) is 45.9. The number of anilines is 3. The van der Waals surface area contributed by atoms with E-state index in [4.69, 9.17) is 10.5 Å². The zero-order chi connectivity index (χ0) is 26.9. The number of nitro groups is 1. The number of fused-ring (bicyclic) bond motifs is 1. The number of nitrogens with one attached hydrogen (secondary N) is 2. The van der Waals surface area contributed by atoms with E-state index < -0.39 is 41.6 Å². The first kappa shape index (κ1) is 26.0. The van der Waals surface area contributed by atoms with Gasteiger partial charge < -0.3 is 30.7 Å². The monoisotopic (exact) mass is 517 g/mol. The number of nitrogens with two attached hydrogens (primary N) is 1. The molecule has 2 aromatic heterocycles. The first-order valence-corrected chi connectivity index (χ1v) is 11.4. The topological polar surface area (TPSA) is 230 Å². The van der Waals surface area contributed by atoms with Gasteiger partial charge in [0.1, 0.15) is 24.0 Å². The Bertz CT molecular complexity index is 1380. The maximum Gasteiger partial charge on any atom is 0.293 e. The first-order chi connectivity index (χ1) is 17.7. The van der Waals surface area contributed by atoms with Gasteiger partial charge in [0, 0.05) is 24.7 Å².